The van der Waals surface area contributed by atoms with E-state index >= 15 is 0 Å². The van der Waals surface area contributed by atoms with Gasteiger partial charge in [-0.25, -0.2) is 0 Å². The van der Waals surface area contributed by atoms with Crippen LogP contribution in [-0.2, 0) is 4.79 Å². The molecule has 1 unspecified atom stereocenters. The Bertz CT molecular complexity index is 1010. The van der Waals surface area contributed by atoms with E-state index in [0.29, 0.717) is 22.7 Å². The van der Waals surface area contributed by atoms with Crippen molar-refractivity contribution in [2.24, 2.45) is 0 Å². The molecular weight excluding hydrogens is 388 g/mol. The topological polar surface area (TPSA) is 93.4 Å². The Morgan fingerprint density at radius 1 is 1.14 bits per heavy atom. The van der Waals surface area contributed by atoms with Crippen molar-refractivity contribution >= 4 is 23.2 Å². The van der Waals surface area contributed by atoms with Gasteiger partial charge in [0.15, 0.2) is 6.10 Å². The number of amides is 1. The molecule has 148 valence electrons. The lowest BCUT2D eigenvalue weighted by Crippen LogP contribution is -2.26. The minimum absolute atomic E-state index is 0.187. The molecule has 6 heteroatoms. The molecule has 1 fully saturated rings. The lowest BCUT2D eigenvalue weighted by atomic mass is 9.82. The molecule has 3 rings (SSSR count). The number of nitrogens with zero attached hydrogens (tertiary/aromatic N) is 1. The summed E-state index contributed by atoms with van der Waals surface area (Å²) in [5, 5.41) is 31.7. The van der Waals surface area contributed by atoms with Crippen LogP contribution in [0.15, 0.2) is 36.4 Å². The monoisotopic (exact) mass is 408 g/mol. The molecule has 0 bridgehead atoms. The van der Waals surface area contributed by atoms with Crippen LogP contribution in [0.3, 0.4) is 0 Å². The highest BCUT2D eigenvalue weighted by molar-refractivity contribution is 6.32. The van der Waals surface area contributed by atoms with Crippen molar-refractivity contribution in [3.63, 3.8) is 0 Å². The molecule has 0 aliphatic heterocycles. The number of aromatic hydroxyl groups is 1. The second kappa shape index (κ2) is 9.47. The van der Waals surface area contributed by atoms with E-state index in [0.717, 1.165) is 31.2 Å². The highest BCUT2D eigenvalue weighted by atomic mass is 35.5. The summed E-state index contributed by atoms with van der Waals surface area (Å²) >= 11 is 5.95. The maximum absolute atomic E-state index is 12.2. The van der Waals surface area contributed by atoms with E-state index in [-0.39, 0.29) is 10.8 Å². The maximum Gasteiger partial charge on any atom is 0.265 e. The number of nitriles is 1. The van der Waals surface area contributed by atoms with Crippen LogP contribution < -0.4 is 5.32 Å². The first-order chi connectivity index (χ1) is 14.0. The van der Waals surface area contributed by atoms with E-state index < -0.39 is 12.0 Å². The third-order valence-electron chi connectivity index (χ3n) is 5.03. The summed E-state index contributed by atoms with van der Waals surface area (Å²) in [7, 11) is 0. The van der Waals surface area contributed by atoms with Gasteiger partial charge in [-0.05, 0) is 60.7 Å². The Morgan fingerprint density at radius 2 is 1.86 bits per heavy atom. The number of phenols is 1. The molecule has 1 aliphatic rings. The molecule has 2 aromatic carbocycles. The minimum Gasteiger partial charge on any atom is -0.508 e. The molecule has 1 atom stereocenters. The van der Waals surface area contributed by atoms with Crippen LogP contribution in [0.4, 0.5) is 5.69 Å². The molecule has 5 nitrogen and oxygen atoms in total. The highest BCUT2D eigenvalue weighted by Gasteiger charge is 2.19. The predicted octanol–water partition coefficient (Wildman–Crippen LogP) is 4.32. The van der Waals surface area contributed by atoms with E-state index in [1.165, 1.54) is 24.6 Å². The molecule has 1 amide bonds. The summed E-state index contributed by atoms with van der Waals surface area (Å²) in [5.41, 5.74) is 2.34. The minimum atomic E-state index is -1.53. The molecule has 2 aromatic rings. The van der Waals surface area contributed by atoms with Gasteiger partial charge in [0, 0.05) is 11.3 Å². The molecule has 0 aromatic heterocycles. The van der Waals surface area contributed by atoms with Crippen LogP contribution in [0.5, 0.6) is 5.75 Å². The molecular formula is C23H21ClN2O3. The number of phenolic OH excluding ortho intramolecular Hbond substituents is 1. The molecule has 0 radical (unpaired) electrons. The van der Waals surface area contributed by atoms with Crippen molar-refractivity contribution in [2.45, 2.75) is 44.1 Å². The van der Waals surface area contributed by atoms with Crippen LogP contribution >= 0.6 is 11.6 Å². The normalized spacial score (nSPS) is 14.9. The second-order valence-corrected chi connectivity index (χ2v) is 7.48. The highest BCUT2D eigenvalue weighted by Crippen LogP contribution is 2.35. The fraction of sp³-hybridized carbons (Fsp3) is 0.304. The van der Waals surface area contributed by atoms with Gasteiger partial charge in [0.25, 0.3) is 5.91 Å². The fourth-order valence-electron chi connectivity index (χ4n) is 3.52. The zero-order chi connectivity index (χ0) is 20.8. The summed E-state index contributed by atoms with van der Waals surface area (Å²) in [5.74, 6) is 5.30. The van der Waals surface area contributed by atoms with E-state index in [2.05, 4.69) is 17.2 Å². The first kappa shape index (κ1) is 20.7. The Kier molecular flexibility index (Phi) is 6.77. The summed E-state index contributed by atoms with van der Waals surface area (Å²) < 4.78 is 0. The number of hydrogen-bond acceptors (Lipinski definition) is 4. The third-order valence-corrected chi connectivity index (χ3v) is 5.34. The average Bonchev–Trinajstić information content (AvgIpc) is 2.73. The van der Waals surface area contributed by atoms with E-state index in [1.54, 1.807) is 18.2 Å². The fourth-order valence-corrected chi connectivity index (χ4v) is 3.74. The van der Waals surface area contributed by atoms with E-state index in [9.17, 15) is 15.0 Å². The zero-order valence-corrected chi connectivity index (χ0v) is 16.5. The third kappa shape index (κ3) is 5.29. The number of carbonyl (C=O) groups excluding carboxylic acids is 1. The number of benzene rings is 2. The number of aliphatic hydroxyl groups is 1. The van der Waals surface area contributed by atoms with Gasteiger partial charge in [0.05, 0.1) is 10.6 Å². The van der Waals surface area contributed by atoms with Gasteiger partial charge in [-0.3, -0.25) is 4.79 Å². The number of nitrogens with one attached hydrogen (secondary N) is 1. The van der Waals surface area contributed by atoms with Crippen LogP contribution in [0.2, 0.25) is 5.02 Å². The van der Waals surface area contributed by atoms with Crippen molar-refractivity contribution in [2.75, 3.05) is 5.32 Å². The van der Waals surface area contributed by atoms with E-state index in [4.69, 9.17) is 16.9 Å². The number of anilines is 1. The molecule has 3 N–H and O–H groups in total. The zero-order valence-electron chi connectivity index (χ0n) is 15.8. The van der Waals surface area contributed by atoms with Gasteiger partial charge in [0.1, 0.15) is 11.8 Å². The van der Waals surface area contributed by atoms with Gasteiger partial charge in [-0.2, -0.15) is 5.26 Å². The summed E-state index contributed by atoms with van der Waals surface area (Å²) in [6, 6.07) is 11.4. The average molecular weight is 409 g/mol. The number of rotatable bonds is 3. The van der Waals surface area contributed by atoms with Crippen LogP contribution in [0.25, 0.3) is 0 Å². The molecule has 29 heavy (non-hydrogen) atoms. The van der Waals surface area contributed by atoms with Crippen LogP contribution in [-0.4, -0.2) is 22.2 Å². The number of carbonyl (C=O) groups is 1. The SMILES string of the molecule is N#Cc1ccc(NC(=O)C(O)C#Cc2ccc(O)cc2C2CCCCC2)cc1Cl. The summed E-state index contributed by atoms with van der Waals surface area (Å²) in [6.07, 6.45) is 4.06. The van der Waals surface area contributed by atoms with Crippen LogP contribution in [0, 0.1) is 23.2 Å². The maximum atomic E-state index is 12.2. The summed E-state index contributed by atoms with van der Waals surface area (Å²) in [6.45, 7) is 0. The van der Waals surface area contributed by atoms with Crippen molar-refractivity contribution in [3.8, 4) is 23.7 Å². The van der Waals surface area contributed by atoms with Crippen LogP contribution in [0.1, 0.15) is 54.7 Å². The molecule has 0 spiro atoms. The number of hydrogen-bond donors (Lipinski definition) is 3. The molecule has 0 heterocycles. The molecule has 1 saturated carbocycles. The summed E-state index contributed by atoms with van der Waals surface area (Å²) in [4.78, 5) is 12.2. The standard InChI is InChI=1S/C23H21ClN2O3/c24-21-12-18(9-6-17(21)14-25)26-23(29)22(28)11-8-16-7-10-19(27)13-20(16)15-4-2-1-3-5-15/h6-7,9-10,12-13,15,22,27-28H,1-5H2,(H,26,29). The number of halogens is 1. The van der Waals surface area contributed by atoms with Gasteiger partial charge < -0.3 is 15.5 Å². The second-order valence-electron chi connectivity index (χ2n) is 7.07. The van der Waals surface area contributed by atoms with Crippen molar-refractivity contribution in [3.05, 3.63) is 58.1 Å². The smallest absolute Gasteiger partial charge is 0.265 e. The Labute approximate surface area is 174 Å². The largest absolute Gasteiger partial charge is 0.508 e. The predicted molar refractivity (Wildman–Crippen MR) is 112 cm³/mol. The van der Waals surface area contributed by atoms with Gasteiger partial charge in [0.2, 0.25) is 0 Å². The van der Waals surface area contributed by atoms with Crippen molar-refractivity contribution < 1.29 is 15.0 Å². The molecule has 1 aliphatic carbocycles. The van der Waals surface area contributed by atoms with Crippen molar-refractivity contribution in [1.82, 2.24) is 0 Å². The Balaban J connectivity index is 1.74. The van der Waals surface area contributed by atoms with Crippen molar-refractivity contribution in [1.29, 1.82) is 5.26 Å². The molecule has 0 saturated heterocycles. The van der Waals surface area contributed by atoms with Gasteiger partial charge >= 0.3 is 0 Å². The lowest BCUT2D eigenvalue weighted by molar-refractivity contribution is -0.121. The van der Waals surface area contributed by atoms with E-state index in [1.807, 2.05) is 6.07 Å². The lowest BCUT2D eigenvalue weighted by Gasteiger charge is -2.23. The Morgan fingerprint density at radius 3 is 2.55 bits per heavy atom. The van der Waals surface area contributed by atoms with Gasteiger partial charge in [-0.1, -0.05) is 42.7 Å². The number of aliphatic hydroxyl groups excluding tert-OH is 1. The Hall–Kier alpha value is -2.99. The first-order valence-corrected chi connectivity index (χ1v) is 9.89. The van der Waals surface area contributed by atoms with Gasteiger partial charge in [-0.15, -0.1) is 0 Å². The first-order valence-electron chi connectivity index (χ1n) is 9.51. The quantitative estimate of drug-likeness (QED) is 0.659.